The number of amides is 2. The maximum atomic E-state index is 11.8. The number of carbonyl (C=O) groups excluding carboxylic acids is 1. The van der Waals surface area contributed by atoms with Crippen LogP contribution in [0.2, 0.25) is 10.0 Å². The van der Waals surface area contributed by atoms with Gasteiger partial charge in [-0.25, -0.2) is 4.79 Å². The topological polar surface area (TPSA) is 68.5 Å². The van der Waals surface area contributed by atoms with Gasteiger partial charge >= 0.3 is 6.03 Å². The molecule has 0 saturated heterocycles. The van der Waals surface area contributed by atoms with E-state index in [9.17, 15) is 10.1 Å². The number of hydrogen-bond acceptors (Lipinski definition) is 3. The molecule has 0 unspecified atom stereocenters. The lowest BCUT2D eigenvalue weighted by Crippen LogP contribution is -2.41. The zero-order chi connectivity index (χ0) is 17.8. The van der Waals surface area contributed by atoms with E-state index in [1.54, 1.807) is 42.6 Å². The number of urea groups is 1. The van der Waals surface area contributed by atoms with E-state index in [0.29, 0.717) is 33.4 Å². The minimum Gasteiger partial charge on any atom is -0.331 e. The molecule has 1 aliphatic rings. The van der Waals surface area contributed by atoms with E-state index < -0.39 is 0 Å². The Kier molecular flexibility index (Phi) is 5.03. The number of anilines is 1. The van der Waals surface area contributed by atoms with Crippen LogP contribution >= 0.6 is 23.2 Å². The van der Waals surface area contributed by atoms with Crippen molar-refractivity contribution in [2.75, 3.05) is 11.6 Å². The summed E-state index contributed by atoms with van der Waals surface area (Å²) in [7, 11) is 0. The summed E-state index contributed by atoms with van der Waals surface area (Å²) in [5.74, 6) is 0. The number of nitriles is 1. The molecule has 1 aliphatic heterocycles. The molecule has 2 amide bonds. The van der Waals surface area contributed by atoms with Crippen LogP contribution in [0.3, 0.4) is 0 Å². The van der Waals surface area contributed by atoms with Gasteiger partial charge in [0.25, 0.3) is 0 Å². The van der Waals surface area contributed by atoms with Crippen molar-refractivity contribution in [1.29, 1.82) is 5.26 Å². The summed E-state index contributed by atoms with van der Waals surface area (Å²) in [6, 6.07) is 13.9. The Labute approximate surface area is 154 Å². The van der Waals surface area contributed by atoms with Gasteiger partial charge in [-0.15, -0.1) is 0 Å². The second-order valence-corrected chi connectivity index (χ2v) is 6.03. The summed E-state index contributed by atoms with van der Waals surface area (Å²) in [6.07, 6.45) is 3.31. The van der Waals surface area contributed by atoms with Crippen molar-refractivity contribution in [1.82, 2.24) is 5.32 Å². The van der Waals surface area contributed by atoms with Crippen molar-refractivity contribution in [2.45, 2.75) is 0 Å². The molecule has 7 heteroatoms. The third-order valence-electron chi connectivity index (χ3n) is 3.52. The van der Waals surface area contributed by atoms with E-state index in [0.717, 1.165) is 5.56 Å². The lowest BCUT2D eigenvalue weighted by Gasteiger charge is -2.21. The van der Waals surface area contributed by atoms with Crippen molar-refractivity contribution in [3.63, 3.8) is 0 Å². The quantitative estimate of drug-likeness (QED) is 0.634. The highest BCUT2D eigenvalue weighted by atomic mass is 35.5. The van der Waals surface area contributed by atoms with Gasteiger partial charge in [0.1, 0.15) is 0 Å². The maximum Gasteiger partial charge on any atom is 0.342 e. The summed E-state index contributed by atoms with van der Waals surface area (Å²) in [4.78, 5) is 11.8. The van der Waals surface area contributed by atoms with E-state index in [-0.39, 0.29) is 6.03 Å². The van der Waals surface area contributed by atoms with Gasteiger partial charge in [-0.05, 0) is 35.9 Å². The fraction of sp³-hybridized carbons (Fsp3) is 0.0556. The first-order valence-electron chi connectivity index (χ1n) is 7.36. The molecule has 25 heavy (non-hydrogen) atoms. The molecule has 0 saturated carbocycles. The van der Waals surface area contributed by atoms with Gasteiger partial charge in [-0.1, -0.05) is 41.4 Å². The molecule has 0 fully saturated rings. The highest BCUT2D eigenvalue weighted by molar-refractivity contribution is 6.33. The third kappa shape index (κ3) is 3.82. The standard InChI is InChI=1S/C18H12Cl2N4O/c19-14-3-1-12(2-4-14)9-13(11-21)16-6-5-15(10-17(16)20)24-18(25)22-7-8-23-24/h1-6,8-10H,7H2,(H,22,25)/b13-9+. The van der Waals surface area contributed by atoms with Crippen molar-refractivity contribution in [2.24, 2.45) is 5.10 Å². The molecule has 0 spiro atoms. The molecule has 0 aromatic heterocycles. The molecule has 0 atom stereocenters. The zero-order valence-electron chi connectivity index (χ0n) is 12.9. The Morgan fingerprint density at radius 2 is 2.00 bits per heavy atom. The second kappa shape index (κ2) is 7.39. The molecule has 3 rings (SSSR count). The molecule has 1 N–H and O–H groups in total. The maximum absolute atomic E-state index is 11.8. The summed E-state index contributed by atoms with van der Waals surface area (Å²) in [5, 5.41) is 18.4. The van der Waals surface area contributed by atoms with Gasteiger partial charge in [0.2, 0.25) is 0 Å². The third-order valence-corrected chi connectivity index (χ3v) is 4.09. The molecule has 0 bridgehead atoms. The first kappa shape index (κ1) is 17.0. The summed E-state index contributed by atoms with van der Waals surface area (Å²) in [5.41, 5.74) is 2.34. The number of allylic oxidation sites excluding steroid dienone is 1. The molecule has 124 valence electrons. The summed E-state index contributed by atoms with van der Waals surface area (Å²) >= 11 is 12.2. The monoisotopic (exact) mass is 370 g/mol. The van der Waals surface area contributed by atoms with E-state index in [4.69, 9.17) is 23.2 Å². The number of carbonyl (C=O) groups is 1. The number of benzene rings is 2. The fourth-order valence-corrected chi connectivity index (χ4v) is 2.72. The zero-order valence-corrected chi connectivity index (χ0v) is 14.4. The molecule has 2 aromatic rings. The highest BCUT2D eigenvalue weighted by Crippen LogP contribution is 2.30. The van der Waals surface area contributed by atoms with Crippen LogP contribution < -0.4 is 10.3 Å². The Bertz CT molecular complexity index is 914. The van der Waals surface area contributed by atoms with Crippen LogP contribution in [0.1, 0.15) is 11.1 Å². The Balaban J connectivity index is 1.95. The average Bonchev–Trinajstić information content (AvgIpc) is 2.62. The minimum absolute atomic E-state index is 0.330. The molecular weight excluding hydrogens is 359 g/mol. The van der Waals surface area contributed by atoms with Crippen LogP contribution in [0.25, 0.3) is 11.6 Å². The smallest absolute Gasteiger partial charge is 0.331 e. The Morgan fingerprint density at radius 3 is 2.64 bits per heavy atom. The number of nitrogens with zero attached hydrogens (tertiary/aromatic N) is 3. The first-order chi connectivity index (χ1) is 12.1. The Hall–Kier alpha value is -2.81. The highest BCUT2D eigenvalue weighted by Gasteiger charge is 2.18. The minimum atomic E-state index is -0.330. The van der Waals surface area contributed by atoms with Crippen LogP contribution in [0.15, 0.2) is 47.6 Å². The predicted octanol–water partition coefficient (Wildman–Crippen LogP) is 4.57. The first-order valence-corrected chi connectivity index (χ1v) is 8.12. The second-order valence-electron chi connectivity index (χ2n) is 5.18. The lowest BCUT2D eigenvalue weighted by molar-refractivity contribution is 0.247. The molecule has 5 nitrogen and oxygen atoms in total. The average molecular weight is 371 g/mol. The van der Waals surface area contributed by atoms with Crippen LogP contribution in [0.4, 0.5) is 10.5 Å². The Morgan fingerprint density at radius 1 is 1.24 bits per heavy atom. The van der Waals surface area contributed by atoms with Crippen LogP contribution in [0, 0.1) is 11.3 Å². The van der Waals surface area contributed by atoms with Crippen LogP contribution in [-0.4, -0.2) is 18.8 Å². The van der Waals surface area contributed by atoms with Gasteiger partial charge in [0.15, 0.2) is 0 Å². The van der Waals surface area contributed by atoms with Gasteiger partial charge < -0.3 is 5.32 Å². The van der Waals surface area contributed by atoms with Crippen molar-refractivity contribution >= 4 is 52.8 Å². The van der Waals surface area contributed by atoms with E-state index >= 15 is 0 Å². The number of rotatable bonds is 3. The normalized spacial score (nSPS) is 14.2. The SMILES string of the molecule is N#C/C(=C\c1ccc(Cl)cc1)c1ccc(N2N=CCNC2=O)cc1Cl. The van der Waals surface area contributed by atoms with Crippen molar-refractivity contribution < 1.29 is 4.79 Å². The molecular formula is C18H12Cl2N4O. The van der Waals surface area contributed by atoms with Gasteiger partial charge in [-0.3, -0.25) is 0 Å². The van der Waals surface area contributed by atoms with Gasteiger partial charge in [-0.2, -0.15) is 15.4 Å². The molecule has 1 heterocycles. The van der Waals surface area contributed by atoms with E-state index in [1.165, 1.54) is 5.01 Å². The molecule has 0 radical (unpaired) electrons. The van der Waals surface area contributed by atoms with Crippen molar-refractivity contribution in [3.05, 3.63) is 63.6 Å². The number of hydrazone groups is 1. The summed E-state index contributed by atoms with van der Waals surface area (Å²) in [6.45, 7) is 0.392. The fourth-order valence-electron chi connectivity index (χ4n) is 2.32. The molecule has 0 aliphatic carbocycles. The van der Waals surface area contributed by atoms with Gasteiger partial charge in [0, 0.05) is 16.8 Å². The number of halogens is 2. The van der Waals surface area contributed by atoms with Gasteiger partial charge in [0.05, 0.1) is 28.9 Å². The largest absolute Gasteiger partial charge is 0.342 e. The van der Waals surface area contributed by atoms with Crippen LogP contribution in [0.5, 0.6) is 0 Å². The van der Waals surface area contributed by atoms with E-state index in [1.807, 2.05) is 12.1 Å². The molecule has 2 aromatic carbocycles. The van der Waals surface area contributed by atoms with Crippen LogP contribution in [-0.2, 0) is 0 Å². The number of nitrogens with one attached hydrogen (secondary N) is 1. The number of hydrogen-bond donors (Lipinski definition) is 1. The lowest BCUT2D eigenvalue weighted by atomic mass is 10.0. The van der Waals surface area contributed by atoms with E-state index in [2.05, 4.69) is 16.5 Å². The predicted molar refractivity (Wildman–Crippen MR) is 101 cm³/mol. The van der Waals surface area contributed by atoms with Crippen molar-refractivity contribution in [3.8, 4) is 6.07 Å². The summed E-state index contributed by atoms with van der Waals surface area (Å²) < 4.78 is 0.